The number of hydrogen-bond donors (Lipinski definition) is 1. The molecule has 0 spiro atoms. The molecule has 1 heterocycles. The molecule has 1 fully saturated rings. The Morgan fingerprint density at radius 3 is 2.14 bits per heavy atom. The van der Waals surface area contributed by atoms with Crippen LogP contribution < -0.4 is 5.32 Å². The Hall–Kier alpha value is -1.63. The predicted octanol–water partition coefficient (Wildman–Crippen LogP) is 0.614. The van der Waals surface area contributed by atoms with Gasteiger partial charge < -0.3 is 19.5 Å². The lowest BCUT2D eigenvalue weighted by Crippen LogP contribution is -2.58. The molecule has 1 aliphatic rings. The number of hydrogen-bond acceptors (Lipinski definition) is 6. The van der Waals surface area contributed by atoms with Crippen molar-refractivity contribution in [2.75, 3.05) is 6.61 Å². The number of carbonyl (C=O) groups is 3. The van der Waals surface area contributed by atoms with E-state index in [2.05, 4.69) is 5.32 Å². The topological polar surface area (TPSA) is 90.9 Å². The molecule has 120 valence electrons. The maximum Gasteiger partial charge on any atom is 0.305 e. The van der Waals surface area contributed by atoms with Gasteiger partial charge in [0.05, 0.1) is 12.1 Å². The fraction of sp³-hybridized carbons (Fsp3) is 0.786. The van der Waals surface area contributed by atoms with Crippen molar-refractivity contribution >= 4 is 17.8 Å². The first-order chi connectivity index (χ1) is 9.72. The van der Waals surface area contributed by atoms with E-state index in [0.29, 0.717) is 0 Å². The van der Waals surface area contributed by atoms with Gasteiger partial charge in [0.15, 0.2) is 0 Å². The van der Waals surface area contributed by atoms with Crippen molar-refractivity contribution in [3.8, 4) is 0 Å². The highest BCUT2D eigenvalue weighted by Crippen LogP contribution is 2.31. The highest BCUT2D eigenvalue weighted by atomic mass is 16.7. The minimum atomic E-state index is -0.891. The lowest BCUT2D eigenvalue weighted by atomic mass is 9.82. The van der Waals surface area contributed by atoms with Gasteiger partial charge in [-0.05, 0) is 11.8 Å². The van der Waals surface area contributed by atoms with Crippen LogP contribution in [-0.4, -0.2) is 42.9 Å². The quantitative estimate of drug-likeness (QED) is 0.765. The maximum atomic E-state index is 11.3. The van der Waals surface area contributed by atoms with Gasteiger partial charge in [0.25, 0.3) is 0 Å². The van der Waals surface area contributed by atoms with Gasteiger partial charge in [-0.1, -0.05) is 13.8 Å². The summed E-state index contributed by atoms with van der Waals surface area (Å²) >= 11 is 0. The number of ether oxygens (including phenoxy) is 3. The minimum Gasteiger partial charge on any atom is -0.463 e. The number of rotatable bonds is 4. The van der Waals surface area contributed by atoms with Crippen LogP contribution in [0, 0.1) is 11.8 Å². The average molecular weight is 301 g/mol. The van der Waals surface area contributed by atoms with Crippen molar-refractivity contribution in [1.29, 1.82) is 0 Å². The third kappa shape index (κ3) is 5.00. The van der Waals surface area contributed by atoms with Gasteiger partial charge in [0.1, 0.15) is 6.61 Å². The van der Waals surface area contributed by atoms with Crippen LogP contribution in [-0.2, 0) is 28.6 Å². The Balaban J connectivity index is 2.84. The molecule has 1 saturated heterocycles. The van der Waals surface area contributed by atoms with E-state index in [1.54, 1.807) is 0 Å². The van der Waals surface area contributed by atoms with Crippen LogP contribution >= 0.6 is 0 Å². The van der Waals surface area contributed by atoms with Crippen LogP contribution in [0.4, 0.5) is 0 Å². The number of nitrogens with one attached hydrogen (secondary N) is 1. The normalized spacial score (nSPS) is 32.1. The molecule has 0 bridgehead atoms. The van der Waals surface area contributed by atoms with E-state index < -0.39 is 30.4 Å². The zero-order chi connectivity index (χ0) is 16.2. The van der Waals surface area contributed by atoms with Gasteiger partial charge in [-0.3, -0.25) is 14.4 Å². The van der Waals surface area contributed by atoms with E-state index in [1.165, 1.54) is 20.8 Å². The Morgan fingerprint density at radius 2 is 1.67 bits per heavy atom. The lowest BCUT2D eigenvalue weighted by molar-refractivity contribution is -0.238. The molecule has 0 aromatic heterocycles. The van der Waals surface area contributed by atoms with Crippen LogP contribution in [0.25, 0.3) is 0 Å². The summed E-state index contributed by atoms with van der Waals surface area (Å²) in [5.41, 5.74) is 0. The molecule has 0 aromatic carbocycles. The molecule has 1 N–H and O–H groups in total. The fourth-order valence-corrected chi connectivity index (χ4v) is 2.38. The van der Waals surface area contributed by atoms with Crippen LogP contribution in [0.15, 0.2) is 0 Å². The maximum absolute atomic E-state index is 11.3. The fourth-order valence-electron chi connectivity index (χ4n) is 2.38. The van der Waals surface area contributed by atoms with E-state index in [-0.39, 0.29) is 24.3 Å². The van der Waals surface area contributed by atoms with Gasteiger partial charge in [-0.25, -0.2) is 0 Å². The van der Waals surface area contributed by atoms with Crippen LogP contribution in [0.2, 0.25) is 0 Å². The highest BCUT2D eigenvalue weighted by molar-refractivity contribution is 5.73. The molecule has 7 heteroatoms. The number of amides is 1. The Morgan fingerprint density at radius 1 is 1.05 bits per heavy atom. The minimum absolute atomic E-state index is 0.00689. The summed E-state index contributed by atoms with van der Waals surface area (Å²) < 4.78 is 15.8. The molecule has 1 aliphatic heterocycles. The van der Waals surface area contributed by atoms with E-state index in [9.17, 15) is 14.4 Å². The SMILES string of the molecule is CC(=O)NC1[C@H](OC(C)=O)OC(COC(C)=O)[C@H](C)[C@@H]1C. The highest BCUT2D eigenvalue weighted by Gasteiger charge is 2.43. The molecule has 1 rings (SSSR count). The predicted molar refractivity (Wildman–Crippen MR) is 73.0 cm³/mol. The standard InChI is InChI=1S/C14H23NO6/c1-7-8(2)13(15-9(3)16)14(20-11(5)18)21-12(7)6-19-10(4)17/h7-8,12-14H,6H2,1-5H3,(H,15,16)/t7-,8+,12?,13?,14-/m1/s1. The molecule has 0 radical (unpaired) electrons. The zero-order valence-electron chi connectivity index (χ0n) is 13.0. The molecule has 2 unspecified atom stereocenters. The van der Waals surface area contributed by atoms with Crippen molar-refractivity contribution in [3.63, 3.8) is 0 Å². The lowest BCUT2D eigenvalue weighted by Gasteiger charge is -2.43. The van der Waals surface area contributed by atoms with Crippen molar-refractivity contribution in [1.82, 2.24) is 5.32 Å². The summed E-state index contributed by atoms with van der Waals surface area (Å²) in [7, 11) is 0. The Bertz CT molecular complexity index is 408. The number of esters is 2. The Labute approximate surface area is 124 Å². The summed E-state index contributed by atoms with van der Waals surface area (Å²) in [5, 5.41) is 2.75. The second-order valence-corrected chi connectivity index (χ2v) is 5.40. The van der Waals surface area contributed by atoms with Crippen molar-refractivity contribution in [3.05, 3.63) is 0 Å². The Kier molecular flexibility index (Phi) is 6.14. The second kappa shape index (κ2) is 7.40. The molecule has 1 amide bonds. The molecule has 0 aliphatic carbocycles. The van der Waals surface area contributed by atoms with Crippen LogP contribution in [0.5, 0.6) is 0 Å². The average Bonchev–Trinajstić information content (AvgIpc) is 2.35. The summed E-state index contributed by atoms with van der Waals surface area (Å²) in [6.45, 7) is 7.96. The summed E-state index contributed by atoms with van der Waals surface area (Å²) in [4.78, 5) is 33.4. The molecule has 21 heavy (non-hydrogen) atoms. The molecular formula is C14H23NO6. The van der Waals surface area contributed by atoms with Crippen LogP contribution in [0.3, 0.4) is 0 Å². The van der Waals surface area contributed by atoms with Gasteiger partial charge in [-0.2, -0.15) is 0 Å². The van der Waals surface area contributed by atoms with Crippen molar-refractivity contribution < 1.29 is 28.6 Å². The summed E-state index contributed by atoms with van der Waals surface area (Å²) in [6, 6.07) is -0.435. The molecule has 7 nitrogen and oxygen atoms in total. The summed E-state index contributed by atoms with van der Waals surface area (Å²) in [5.74, 6) is -1.10. The van der Waals surface area contributed by atoms with Crippen molar-refractivity contribution in [2.24, 2.45) is 11.8 Å². The van der Waals surface area contributed by atoms with E-state index >= 15 is 0 Å². The first-order valence-electron chi connectivity index (χ1n) is 6.95. The molecule has 0 saturated carbocycles. The second-order valence-electron chi connectivity index (χ2n) is 5.40. The monoisotopic (exact) mass is 301 g/mol. The number of carbonyl (C=O) groups excluding carboxylic acids is 3. The third-order valence-corrected chi connectivity index (χ3v) is 3.69. The molecular weight excluding hydrogens is 278 g/mol. The van der Waals surface area contributed by atoms with Gasteiger partial charge in [0.2, 0.25) is 12.2 Å². The van der Waals surface area contributed by atoms with Crippen molar-refractivity contribution in [2.45, 2.75) is 53.1 Å². The summed E-state index contributed by atoms with van der Waals surface area (Å²) in [6.07, 6.45) is -1.28. The third-order valence-electron chi connectivity index (χ3n) is 3.69. The first kappa shape index (κ1) is 17.4. The molecule has 5 atom stereocenters. The van der Waals surface area contributed by atoms with Gasteiger partial charge >= 0.3 is 11.9 Å². The van der Waals surface area contributed by atoms with E-state index in [4.69, 9.17) is 14.2 Å². The van der Waals surface area contributed by atoms with E-state index in [1.807, 2.05) is 13.8 Å². The van der Waals surface area contributed by atoms with E-state index in [0.717, 1.165) is 0 Å². The van der Waals surface area contributed by atoms with Gasteiger partial charge in [-0.15, -0.1) is 0 Å². The first-order valence-corrected chi connectivity index (χ1v) is 6.95. The zero-order valence-corrected chi connectivity index (χ0v) is 13.0. The van der Waals surface area contributed by atoms with Crippen LogP contribution in [0.1, 0.15) is 34.6 Å². The smallest absolute Gasteiger partial charge is 0.305 e. The largest absolute Gasteiger partial charge is 0.463 e. The molecule has 0 aromatic rings. The van der Waals surface area contributed by atoms with Gasteiger partial charge in [0, 0.05) is 20.8 Å².